The summed E-state index contributed by atoms with van der Waals surface area (Å²) in [6.45, 7) is 9.09. The number of benzene rings is 2. The third kappa shape index (κ3) is 12.3. The molecule has 2 aliphatic rings. The van der Waals surface area contributed by atoms with E-state index in [1.54, 1.807) is 27.7 Å². The Balaban J connectivity index is 1.29. The van der Waals surface area contributed by atoms with Crippen molar-refractivity contribution in [3.05, 3.63) is 59.7 Å². The van der Waals surface area contributed by atoms with Crippen LogP contribution in [0.15, 0.2) is 48.5 Å². The second-order valence-corrected chi connectivity index (χ2v) is 15.8. The number of nitrogens with one attached hydrogen (secondary N) is 6. The van der Waals surface area contributed by atoms with Gasteiger partial charge in [-0.15, -0.1) is 0 Å². The van der Waals surface area contributed by atoms with Crippen LogP contribution in [0.3, 0.4) is 0 Å². The number of aliphatic hydroxyl groups is 4. The standard InChI is InChI=1S/C43H62N6O12/c1-7-14-31(47-40(56)30(9-3)48-43(59)60-21-28-26-17-12-10-15-24(26)25-16-11-13-18-27(25)28)41(57)49-34(22(4)5)42(58)46-29(8-2)39(55)45-23(6)38(54)44-19-32-35(51)37(53)36(52)33(20-50)61-32/h10-13,15-18,22-23,28-37,50-53H,7-9,14,19-21H2,1-6H3,(H,44,54)(H,45,55)(H,46,58)(H,47,56)(H,48,59)(H,49,57)/t23-,29-,30-,31-,32-,33+,34-,35-,36?,37?/m0/s1. The van der Waals surface area contributed by atoms with Crippen molar-refractivity contribution in [3.8, 4) is 11.1 Å². The molecular formula is C43H62N6O12. The fourth-order valence-corrected chi connectivity index (χ4v) is 7.45. The topological polar surface area (TPSA) is 274 Å². The molecule has 10 atom stereocenters. The molecule has 18 heteroatoms. The van der Waals surface area contributed by atoms with Crippen molar-refractivity contribution in [3.63, 3.8) is 0 Å². The summed E-state index contributed by atoms with van der Waals surface area (Å²) in [5, 5.41) is 55.3. The number of rotatable bonds is 20. The van der Waals surface area contributed by atoms with Crippen LogP contribution in [0.1, 0.15) is 84.3 Å². The van der Waals surface area contributed by atoms with Gasteiger partial charge in [-0.25, -0.2) is 4.79 Å². The second kappa shape index (κ2) is 22.6. The number of hydrogen-bond donors (Lipinski definition) is 10. The van der Waals surface area contributed by atoms with Crippen molar-refractivity contribution in [2.45, 2.75) is 134 Å². The molecule has 6 amide bonds. The van der Waals surface area contributed by atoms with Gasteiger partial charge >= 0.3 is 6.09 Å². The van der Waals surface area contributed by atoms with E-state index in [4.69, 9.17) is 9.47 Å². The van der Waals surface area contributed by atoms with Crippen molar-refractivity contribution in [2.75, 3.05) is 19.8 Å². The average Bonchev–Trinajstić information content (AvgIpc) is 3.57. The first-order valence-corrected chi connectivity index (χ1v) is 21.0. The van der Waals surface area contributed by atoms with Gasteiger partial charge < -0.3 is 61.8 Å². The summed E-state index contributed by atoms with van der Waals surface area (Å²) in [7, 11) is 0. The van der Waals surface area contributed by atoms with Crippen LogP contribution in [0.5, 0.6) is 0 Å². The minimum Gasteiger partial charge on any atom is -0.449 e. The lowest BCUT2D eigenvalue weighted by atomic mass is 9.95. The number of carbonyl (C=O) groups is 6. The van der Waals surface area contributed by atoms with Gasteiger partial charge in [-0.3, -0.25) is 24.0 Å². The van der Waals surface area contributed by atoms with Gasteiger partial charge in [-0.05, 0) is 54.4 Å². The van der Waals surface area contributed by atoms with E-state index in [9.17, 15) is 49.2 Å². The van der Waals surface area contributed by atoms with Gasteiger partial charge in [-0.1, -0.05) is 89.6 Å². The van der Waals surface area contributed by atoms with Crippen LogP contribution in [-0.4, -0.2) is 137 Å². The third-order valence-corrected chi connectivity index (χ3v) is 11.1. The quantitative estimate of drug-likeness (QED) is 0.0849. The zero-order chi connectivity index (χ0) is 45.0. The van der Waals surface area contributed by atoms with Crippen molar-refractivity contribution >= 4 is 35.6 Å². The molecular weight excluding hydrogens is 793 g/mol. The molecule has 1 aliphatic heterocycles. The molecule has 2 aromatic carbocycles. The first kappa shape index (κ1) is 48.5. The molecule has 2 aromatic rings. The van der Waals surface area contributed by atoms with E-state index >= 15 is 0 Å². The Kier molecular flexibility index (Phi) is 18.0. The minimum absolute atomic E-state index is 0.0564. The molecule has 0 saturated carbocycles. The number of fused-ring (bicyclic) bond motifs is 3. The Bertz CT molecular complexity index is 1800. The number of alkyl carbamates (subject to hydrolysis) is 1. The molecule has 0 radical (unpaired) electrons. The number of carbonyl (C=O) groups excluding carboxylic acids is 6. The largest absolute Gasteiger partial charge is 0.449 e. The van der Waals surface area contributed by atoms with Gasteiger partial charge in [-0.2, -0.15) is 0 Å². The van der Waals surface area contributed by atoms with Crippen molar-refractivity contribution < 1.29 is 58.7 Å². The summed E-state index contributed by atoms with van der Waals surface area (Å²) in [6, 6.07) is 10.4. The van der Waals surface area contributed by atoms with Crippen LogP contribution >= 0.6 is 0 Å². The molecule has 4 rings (SSSR count). The van der Waals surface area contributed by atoms with E-state index in [0.717, 1.165) is 22.3 Å². The maximum atomic E-state index is 13.6. The van der Waals surface area contributed by atoms with Crippen LogP contribution in [0.4, 0.5) is 4.79 Å². The predicted octanol–water partition coefficient (Wildman–Crippen LogP) is 0.0875. The zero-order valence-electron chi connectivity index (χ0n) is 35.6. The lowest BCUT2D eigenvalue weighted by molar-refractivity contribution is -0.227. The summed E-state index contributed by atoms with van der Waals surface area (Å²) in [6.07, 6.45) is -6.77. The smallest absolute Gasteiger partial charge is 0.407 e. The molecule has 1 heterocycles. The van der Waals surface area contributed by atoms with Gasteiger partial charge in [0, 0.05) is 12.5 Å². The Morgan fingerprint density at radius 2 is 1.18 bits per heavy atom. The summed E-state index contributed by atoms with van der Waals surface area (Å²) in [5.41, 5.74) is 4.24. The van der Waals surface area contributed by atoms with E-state index in [-0.39, 0.29) is 38.3 Å². The number of hydrogen-bond acceptors (Lipinski definition) is 12. The zero-order valence-corrected chi connectivity index (χ0v) is 35.6. The molecule has 0 bridgehead atoms. The summed E-state index contributed by atoms with van der Waals surface area (Å²) in [4.78, 5) is 79.7. The van der Waals surface area contributed by atoms with Crippen LogP contribution in [0.25, 0.3) is 11.1 Å². The second-order valence-electron chi connectivity index (χ2n) is 15.8. The van der Waals surface area contributed by atoms with Gasteiger partial charge in [0.1, 0.15) is 67.3 Å². The number of ether oxygens (including phenoxy) is 2. The molecule has 61 heavy (non-hydrogen) atoms. The van der Waals surface area contributed by atoms with Crippen molar-refractivity contribution in [1.82, 2.24) is 31.9 Å². The molecule has 1 saturated heterocycles. The lowest BCUT2D eigenvalue weighted by Gasteiger charge is -2.40. The monoisotopic (exact) mass is 854 g/mol. The van der Waals surface area contributed by atoms with Crippen LogP contribution < -0.4 is 31.9 Å². The van der Waals surface area contributed by atoms with E-state index in [0.29, 0.717) is 6.42 Å². The Hall–Kier alpha value is -5.14. The fourth-order valence-electron chi connectivity index (χ4n) is 7.45. The highest BCUT2D eigenvalue weighted by atomic mass is 16.6. The Labute approximate surface area is 355 Å². The summed E-state index contributed by atoms with van der Waals surface area (Å²) < 4.78 is 11.0. The molecule has 10 N–H and O–H groups in total. The van der Waals surface area contributed by atoms with E-state index < -0.39 is 109 Å². The molecule has 18 nitrogen and oxygen atoms in total. The number of amides is 6. The van der Waals surface area contributed by atoms with Crippen molar-refractivity contribution in [1.29, 1.82) is 0 Å². The van der Waals surface area contributed by atoms with Crippen LogP contribution in [0, 0.1) is 5.92 Å². The SMILES string of the molecule is CCC[C@H](NC(=O)[C@H](CC)NC(=O)OCC1c2ccccc2-c2ccccc21)C(=O)N[C@H](C(=O)N[C@@H](CC)C(=O)N[C@@H](C)C(=O)NC[C@@H]1O[C@H](CO)C(O)C(O)[C@H]1O)C(C)C. The van der Waals surface area contributed by atoms with E-state index in [1.807, 2.05) is 55.5 Å². The Morgan fingerprint density at radius 3 is 1.74 bits per heavy atom. The van der Waals surface area contributed by atoms with Gasteiger partial charge in [0.05, 0.1) is 6.61 Å². The fraction of sp³-hybridized carbons (Fsp3) is 0.581. The maximum absolute atomic E-state index is 13.6. The highest BCUT2D eigenvalue weighted by molar-refractivity contribution is 5.96. The average molecular weight is 855 g/mol. The minimum atomic E-state index is -1.62. The lowest BCUT2D eigenvalue weighted by Crippen LogP contribution is -2.61. The molecule has 1 fully saturated rings. The van der Waals surface area contributed by atoms with E-state index in [1.165, 1.54) is 6.92 Å². The summed E-state index contributed by atoms with van der Waals surface area (Å²) in [5.74, 6) is -3.91. The molecule has 0 aromatic heterocycles. The molecule has 1 aliphatic carbocycles. The van der Waals surface area contributed by atoms with Crippen LogP contribution in [-0.2, 0) is 33.4 Å². The Morgan fingerprint density at radius 1 is 0.656 bits per heavy atom. The van der Waals surface area contributed by atoms with Crippen LogP contribution in [0.2, 0.25) is 0 Å². The van der Waals surface area contributed by atoms with Gasteiger partial charge in [0.2, 0.25) is 29.5 Å². The van der Waals surface area contributed by atoms with E-state index in [2.05, 4.69) is 31.9 Å². The van der Waals surface area contributed by atoms with Gasteiger partial charge in [0.25, 0.3) is 0 Å². The maximum Gasteiger partial charge on any atom is 0.407 e. The highest BCUT2D eigenvalue weighted by Crippen LogP contribution is 2.44. The molecule has 336 valence electrons. The first-order chi connectivity index (χ1) is 29.1. The predicted molar refractivity (Wildman–Crippen MR) is 222 cm³/mol. The summed E-state index contributed by atoms with van der Waals surface area (Å²) >= 11 is 0. The normalized spacial score (nSPS) is 22.0. The van der Waals surface area contributed by atoms with Gasteiger partial charge in [0.15, 0.2) is 0 Å². The third-order valence-electron chi connectivity index (χ3n) is 11.1. The molecule has 0 spiro atoms. The first-order valence-electron chi connectivity index (χ1n) is 21.0. The number of aliphatic hydroxyl groups excluding tert-OH is 4. The highest BCUT2D eigenvalue weighted by Gasteiger charge is 2.43. The van der Waals surface area contributed by atoms with Crippen molar-refractivity contribution in [2.24, 2.45) is 5.92 Å². The molecule has 2 unspecified atom stereocenters.